The SMILES string of the molecule is CC(c1cccs1)N(C)C(=O)C1CCCN(C(=O)c2cccs2)C1. The smallest absolute Gasteiger partial charge is 0.263 e. The van der Waals surface area contributed by atoms with Crippen molar-refractivity contribution in [1.29, 1.82) is 0 Å². The fourth-order valence-electron chi connectivity index (χ4n) is 3.12. The van der Waals surface area contributed by atoms with Crippen LogP contribution in [0.3, 0.4) is 0 Å². The van der Waals surface area contributed by atoms with Gasteiger partial charge in [0.2, 0.25) is 5.91 Å². The Balaban J connectivity index is 1.65. The van der Waals surface area contributed by atoms with Crippen molar-refractivity contribution in [3.8, 4) is 0 Å². The molecule has 2 amide bonds. The van der Waals surface area contributed by atoms with Crippen molar-refractivity contribution in [1.82, 2.24) is 9.80 Å². The van der Waals surface area contributed by atoms with Crippen molar-refractivity contribution in [3.05, 3.63) is 44.8 Å². The van der Waals surface area contributed by atoms with E-state index < -0.39 is 0 Å². The topological polar surface area (TPSA) is 40.6 Å². The Kier molecular flexibility index (Phi) is 5.36. The molecule has 0 radical (unpaired) electrons. The van der Waals surface area contributed by atoms with Gasteiger partial charge in [0.05, 0.1) is 16.8 Å². The van der Waals surface area contributed by atoms with Crippen LogP contribution >= 0.6 is 22.7 Å². The van der Waals surface area contributed by atoms with E-state index in [1.54, 1.807) is 11.3 Å². The average molecular weight is 363 g/mol. The quantitative estimate of drug-likeness (QED) is 0.828. The molecule has 1 aliphatic rings. The third-order valence-electron chi connectivity index (χ3n) is 4.67. The Hall–Kier alpha value is -1.66. The standard InChI is InChI=1S/C18H22N2O2S2/c1-13(15-7-4-10-23-15)19(2)17(21)14-6-3-9-20(12-14)18(22)16-8-5-11-24-16/h4-5,7-8,10-11,13-14H,3,6,9,12H2,1-2H3. The van der Waals surface area contributed by atoms with Crippen LogP contribution in [-0.4, -0.2) is 41.8 Å². The summed E-state index contributed by atoms with van der Waals surface area (Å²) in [5, 5.41) is 3.95. The minimum atomic E-state index is -0.102. The van der Waals surface area contributed by atoms with Gasteiger partial charge in [0.1, 0.15) is 0 Å². The molecule has 6 heteroatoms. The molecule has 1 aliphatic heterocycles. The van der Waals surface area contributed by atoms with E-state index >= 15 is 0 Å². The number of hydrogen-bond donors (Lipinski definition) is 0. The second-order valence-electron chi connectivity index (χ2n) is 6.21. The van der Waals surface area contributed by atoms with E-state index in [-0.39, 0.29) is 23.8 Å². The van der Waals surface area contributed by atoms with Gasteiger partial charge in [0.15, 0.2) is 0 Å². The van der Waals surface area contributed by atoms with E-state index in [0.29, 0.717) is 6.54 Å². The third kappa shape index (κ3) is 3.54. The Labute approximate surface area is 150 Å². The minimum Gasteiger partial charge on any atom is -0.338 e. The van der Waals surface area contributed by atoms with Crippen LogP contribution in [0, 0.1) is 5.92 Å². The van der Waals surface area contributed by atoms with E-state index in [0.717, 1.165) is 24.3 Å². The number of amides is 2. The molecule has 0 bridgehead atoms. The Morgan fingerprint density at radius 3 is 2.67 bits per heavy atom. The van der Waals surface area contributed by atoms with Crippen molar-refractivity contribution < 1.29 is 9.59 Å². The number of carbonyl (C=O) groups excluding carboxylic acids is 2. The second-order valence-corrected chi connectivity index (χ2v) is 8.14. The Bertz CT molecular complexity index is 682. The summed E-state index contributed by atoms with van der Waals surface area (Å²) in [6, 6.07) is 7.88. The summed E-state index contributed by atoms with van der Waals surface area (Å²) in [6.45, 7) is 3.32. The van der Waals surface area contributed by atoms with Crippen LogP contribution in [0.1, 0.15) is 40.4 Å². The maximum Gasteiger partial charge on any atom is 0.263 e. The summed E-state index contributed by atoms with van der Waals surface area (Å²) in [7, 11) is 1.87. The highest BCUT2D eigenvalue weighted by Crippen LogP contribution is 2.27. The molecule has 1 saturated heterocycles. The molecule has 1 fully saturated rings. The summed E-state index contributed by atoms with van der Waals surface area (Å²) in [5.41, 5.74) is 0. The first kappa shape index (κ1) is 17.2. The van der Waals surface area contributed by atoms with Crippen LogP contribution < -0.4 is 0 Å². The van der Waals surface area contributed by atoms with Crippen molar-refractivity contribution in [2.24, 2.45) is 5.92 Å². The van der Waals surface area contributed by atoms with Gasteiger partial charge < -0.3 is 9.80 Å². The van der Waals surface area contributed by atoms with Crippen molar-refractivity contribution in [3.63, 3.8) is 0 Å². The van der Waals surface area contributed by atoms with Crippen LogP contribution in [0.25, 0.3) is 0 Å². The lowest BCUT2D eigenvalue weighted by molar-refractivity contribution is -0.137. The largest absolute Gasteiger partial charge is 0.338 e. The molecule has 2 aromatic rings. The number of piperidine rings is 1. The third-order valence-corrected chi connectivity index (χ3v) is 6.57. The van der Waals surface area contributed by atoms with Crippen molar-refractivity contribution in [2.75, 3.05) is 20.1 Å². The van der Waals surface area contributed by atoms with Gasteiger partial charge in [-0.05, 0) is 42.7 Å². The van der Waals surface area contributed by atoms with Crippen LogP contribution in [0.5, 0.6) is 0 Å². The van der Waals surface area contributed by atoms with Crippen LogP contribution in [0.15, 0.2) is 35.0 Å². The van der Waals surface area contributed by atoms with Gasteiger partial charge in [0, 0.05) is 25.0 Å². The number of nitrogens with zero attached hydrogens (tertiary/aromatic N) is 2. The molecule has 2 atom stereocenters. The van der Waals surface area contributed by atoms with E-state index in [9.17, 15) is 9.59 Å². The molecular weight excluding hydrogens is 340 g/mol. The predicted molar refractivity (Wildman–Crippen MR) is 98.5 cm³/mol. The Morgan fingerprint density at radius 1 is 1.25 bits per heavy atom. The summed E-state index contributed by atoms with van der Waals surface area (Å²) in [6.07, 6.45) is 1.74. The lowest BCUT2D eigenvalue weighted by Crippen LogP contribution is -2.46. The molecule has 24 heavy (non-hydrogen) atoms. The summed E-state index contributed by atoms with van der Waals surface area (Å²) in [4.78, 5) is 31.0. The minimum absolute atomic E-state index is 0.0523. The number of rotatable bonds is 4. The predicted octanol–water partition coefficient (Wildman–Crippen LogP) is 3.88. The first-order valence-corrected chi connectivity index (χ1v) is 9.96. The Morgan fingerprint density at radius 2 is 2.00 bits per heavy atom. The van der Waals surface area contributed by atoms with E-state index in [4.69, 9.17) is 0 Å². The van der Waals surface area contributed by atoms with Gasteiger partial charge in [-0.25, -0.2) is 0 Å². The molecule has 0 N–H and O–H groups in total. The number of thiophene rings is 2. The van der Waals surface area contributed by atoms with Crippen LogP contribution in [-0.2, 0) is 4.79 Å². The molecule has 0 saturated carbocycles. The average Bonchev–Trinajstić information content (AvgIpc) is 3.32. The zero-order chi connectivity index (χ0) is 17.1. The van der Waals surface area contributed by atoms with E-state index in [2.05, 4.69) is 13.0 Å². The molecule has 3 rings (SSSR count). The molecule has 4 nitrogen and oxygen atoms in total. The fraction of sp³-hybridized carbons (Fsp3) is 0.444. The maximum atomic E-state index is 12.9. The maximum absolute atomic E-state index is 12.9. The molecule has 128 valence electrons. The lowest BCUT2D eigenvalue weighted by atomic mass is 9.96. The van der Waals surface area contributed by atoms with Crippen LogP contribution in [0.4, 0.5) is 0 Å². The lowest BCUT2D eigenvalue weighted by Gasteiger charge is -2.35. The summed E-state index contributed by atoms with van der Waals surface area (Å²) >= 11 is 3.13. The zero-order valence-electron chi connectivity index (χ0n) is 14.0. The highest BCUT2D eigenvalue weighted by atomic mass is 32.1. The first-order valence-electron chi connectivity index (χ1n) is 8.20. The van der Waals surface area contributed by atoms with E-state index in [1.807, 2.05) is 45.8 Å². The fourth-order valence-corrected chi connectivity index (χ4v) is 4.64. The number of likely N-dealkylation sites (tertiary alicyclic amines) is 1. The van der Waals surface area contributed by atoms with Crippen molar-refractivity contribution >= 4 is 34.5 Å². The molecule has 2 unspecified atom stereocenters. The van der Waals surface area contributed by atoms with Gasteiger partial charge in [-0.1, -0.05) is 12.1 Å². The second kappa shape index (κ2) is 7.49. The van der Waals surface area contributed by atoms with Gasteiger partial charge in [-0.3, -0.25) is 9.59 Å². The molecule has 3 heterocycles. The molecule has 0 aliphatic carbocycles. The highest BCUT2D eigenvalue weighted by molar-refractivity contribution is 7.12. The molecule has 0 aromatic carbocycles. The summed E-state index contributed by atoms with van der Waals surface area (Å²) < 4.78 is 0. The number of carbonyl (C=O) groups is 2. The highest BCUT2D eigenvalue weighted by Gasteiger charge is 2.32. The monoisotopic (exact) mass is 362 g/mol. The van der Waals surface area contributed by atoms with E-state index in [1.165, 1.54) is 16.2 Å². The zero-order valence-corrected chi connectivity index (χ0v) is 15.6. The van der Waals surface area contributed by atoms with Gasteiger partial charge in [-0.15, -0.1) is 22.7 Å². The first-order chi connectivity index (χ1) is 11.6. The molecule has 2 aromatic heterocycles. The molecule has 0 spiro atoms. The van der Waals surface area contributed by atoms with Gasteiger partial charge in [0.25, 0.3) is 5.91 Å². The van der Waals surface area contributed by atoms with Gasteiger partial charge >= 0.3 is 0 Å². The molecular formula is C18H22N2O2S2. The number of hydrogen-bond acceptors (Lipinski definition) is 4. The summed E-state index contributed by atoms with van der Waals surface area (Å²) in [5.74, 6) is 0.0890. The van der Waals surface area contributed by atoms with Crippen LogP contribution in [0.2, 0.25) is 0 Å². The normalized spacial score (nSPS) is 19.1. The van der Waals surface area contributed by atoms with Gasteiger partial charge in [-0.2, -0.15) is 0 Å². The van der Waals surface area contributed by atoms with Crippen molar-refractivity contribution in [2.45, 2.75) is 25.8 Å².